The van der Waals surface area contributed by atoms with E-state index < -0.39 is 0 Å². The lowest BCUT2D eigenvalue weighted by atomic mass is 10.1. The Kier molecular flexibility index (Phi) is 5.56. The van der Waals surface area contributed by atoms with Gasteiger partial charge in [0.05, 0.1) is 4.88 Å². The number of carbonyl (C=O) groups is 1. The molecule has 0 radical (unpaired) electrons. The molecule has 2 heterocycles. The van der Waals surface area contributed by atoms with Gasteiger partial charge in [-0.05, 0) is 61.9 Å². The summed E-state index contributed by atoms with van der Waals surface area (Å²) in [7, 11) is 0. The van der Waals surface area contributed by atoms with E-state index in [1.54, 1.807) is 13.0 Å². The second-order valence-corrected chi connectivity index (χ2v) is 8.60. The van der Waals surface area contributed by atoms with E-state index in [0.29, 0.717) is 15.8 Å². The number of anilines is 2. The minimum atomic E-state index is -0.279. The first-order valence-corrected chi connectivity index (χ1v) is 10.9. The zero-order chi connectivity index (χ0) is 20.5. The van der Waals surface area contributed by atoms with Crippen LogP contribution in [0.5, 0.6) is 0 Å². The minimum absolute atomic E-state index is 0.188. The number of hydrogen-bond acceptors (Lipinski definition) is 4. The highest BCUT2D eigenvalue weighted by Crippen LogP contribution is 2.33. The highest BCUT2D eigenvalue weighted by Gasteiger charge is 2.20. The molecule has 1 saturated heterocycles. The number of rotatable bonds is 4. The summed E-state index contributed by atoms with van der Waals surface area (Å²) in [4.78, 5) is 18.3. The van der Waals surface area contributed by atoms with Gasteiger partial charge in [-0.2, -0.15) is 0 Å². The van der Waals surface area contributed by atoms with E-state index in [1.165, 1.54) is 23.1 Å². The molecule has 3 aromatic rings. The Balaban J connectivity index is 1.52. The lowest BCUT2D eigenvalue weighted by molar-refractivity contribution is 0.103. The standard InChI is InChI=1S/C23H26FN3OS/c1-4-26-10-12-27(13-11-26)19-9-8-17(14-15(19)2)25-23(28)22-16(3)21-18(24)6-5-7-20(21)29-22/h5-9,14H,4,10-13H2,1-3H3,(H,25,28). The average molecular weight is 412 g/mol. The average Bonchev–Trinajstić information content (AvgIpc) is 3.06. The van der Waals surface area contributed by atoms with Crippen LogP contribution in [0, 0.1) is 19.7 Å². The highest BCUT2D eigenvalue weighted by molar-refractivity contribution is 7.21. The normalized spacial score (nSPS) is 15.1. The van der Waals surface area contributed by atoms with Gasteiger partial charge in [-0.15, -0.1) is 11.3 Å². The number of likely N-dealkylation sites (N-methyl/N-ethyl adjacent to an activating group) is 1. The fraction of sp³-hybridized carbons (Fsp3) is 0.348. The quantitative estimate of drug-likeness (QED) is 0.652. The molecule has 0 atom stereocenters. The van der Waals surface area contributed by atoms with E-state index in [1.807, 2.05) is 18.2 Å². The van der Waals surface area contributed by atoms with Crippen LogP contribution in [0.2, 0.25) is 0 Å². The number of piperazine rings is 1. The van der Waals surface area contributed by atoms with Crippen molar-refractivity contribution in [3.8, 4) is 0 Å². The van der Waals surface area contributed by atoms with Gasteiger partial charge in [-0.25, -0.2) is 4.39 Å². The van der Waals surface area contributed by atoms with E-state index in [2.05, 4.69) is 35.0 Å². The van der Waals surface area contributed by atoms with Gasteiger partial charge in [0.25, 0.3) is 5.91 Å². The second kappa shape index (κ2) is 8.13. The maximum absolute atomic E-state index is 14.1. The summed E-state index contributed by atoms with van der Waals surface area (Å²) < 4.78 is 14.9. The molecule has 0 spiro atoms. The number of benzene rings is 2. The molecule has 0 bridgehead atoms. The molecule has 0 unspecified atom stereocenters. The molecule has 1 aliphatic rings. The van der Waals surface area contributed by atoms with Crippen molar-refractivity contribution in [3.63, 3.8) is 0 Å². The van der Waals surface area contributed by atoms with Crippen LogP contribution in [0.1, 0.15) is 27.7 Å². The predicted molar refractivity (Wildman–Crippen MR) is 120 cm³/mol. The number of nitrogens with one attached hydrogen (secondary N) is 1. The van der Waals surface area contributed by atoms with E-state index in [4.69, 9.17) is 0 Å². The molecule has 1 N–H and O–H groups in total. The minimum Gasteiger partial charge on any atom is -0.369 e. The molecule has 152 valence electrons. The molecule has 4 nitrogen and oxygen atoms in total. The summed E-state index contributed by atoms with van der Waals surface area (Å²) >= 11 is 1.33. The van der Waals surface area contributed by atoms with E-state index in [-0.39, 0.29) is 11.7 Å². The zero-order valence-electron chi connectivity index (χ0n) is 17.1. The molecule has 1 aromatic heterocycles. The van der Waals surface area contributed by atoms with Crippen LogP contribution < -0.4 is 10.2 Å². The van der Waals surface area contributed by atoms with Crippen LogP contribution in [-0.4, -0.2) is 43.5 Å². The van der Waals surface area contributed by atoms with Crippen LogP contribution in [0.3, 0.4) is 0 Å². The lowest BCUT2D eigenvalue weighted by Gasteiger charge is -2.36. The third kappa shape index (κ3) is 3.87. The number of amides is 1. The van der Waals surface area contributed by atoms with Crippen LogP contribution in [0.4, 0.5) is 15.8 Å². The molecule has 0 saturated carbocycles. The predicted octanol–water partition coefficient (Wildman–Crippen LogP) is 5.05. The van der Waals surface area contributed by atoms with Crippen LogP contribution in [0.15, 0.2) is 36.4 Å². The lowest BCUT2D eigenvalue weighted by Crippen LogP contribution is -2.46. The summed E-state index contributed by atoms with van der Waals surface area (Å²) in [6.07, 6.45) is 0. The van der Waals surface area contributed by atoms with Crippen LogP contribution in [0.25, 0.3) is 10.1 Å². The van der Waals surface area contributed by atoms with Crippen molar-refractivity contribution in [3.05, 3.63) is 58.2 Å². The van der Waals surface area contributed by atoms with Crippen molar-refractivity contribution in [2.75, 3.05) is 42.9 Å². The number of thiophene rings is 1. The summed E-state index contributed by atoms with van der Waals surface area (Å²) in [5.41, 5.74) is 3.83. The third-order valence-electron chi connectivity index (χ3n) is 5.72. The van der Waals surface area contributed by atoms with Gasteiger partial charge in [-0.3, -0.25) is 4.79 Å². The van der Waals surface area contributed by atoms with Gasteiger partial charge in [0.1, 0.15) is 5.82 Å². The highest BCUT2D eigenvalue weighted by atomic mass is 32.1. The van der Waals surface area contributed by atoms with Crippen molar-refractivity contribution in [1.82, 2.24) is 4.90 Å². The largest absolute Gasteiger partial charge is 0.369 e. The number of fused-ring (bicyclic) bond motifs is 1. The van der Waals surface area contributed by atoms with Gasteiger partial charge < -0.3 is 15.1 Å². The van der Waals surface area contributed by atoms with Gasteiger partial charge >= 0.3 is 0 Å². The topological polar surface area (TPSA) is 35.6 Å². The number of hydrogen-bond donors (Lipinski definition) is 1. The monoisotopic (exact) mass is 411 g/mol. The molecule has 29 heavy (non-hydrogen) atoms. The van der Waals surface area contributed by atoms with Crippen molar-refractivity contribution < 1.29 is 9.18 Å². The van der Waals surface area contributed by atoms with Crippen molar-refractivity contribution >= 4 is 38.7 Å². The van der Waals surface area contributed by atoms with Crippen LogP contribution >= 0.6 is 11.3 Å². The number of aryl methyl sites for hydroxylation is 2. The number of nitrogens with zero attached hydrogens (tertiary/aromatic N) is 2. The SMILES string of the molecule is CCN1CCN(c2ccc(NC(=O)c3sc4cccc(F)c4c3C)cc2C)CC1. The molecule has 4 rings (SSSR count). The first-order chi connectivity index (χ1) is 14.0. The second-order valence-electron chi connectivity index (χ2n) is 7.55. The molecule has 1 amide bonds. The Hall–Kier alpha value is -2.44. The van der Waals surface area contributed by atoms with Gasteiger partial charge in [0.15, 0.2) is 0 Å². The maximum Gasteiger partial charge on any atom is 0.266 e. The fourth-order valence-corrected chi connectivity index (χ4v) is 5.17. The third-order valence-corrected chi connectivity index (χ3v) is 6.98. The van der Waals surface area contributed by atoms with E-state index in [9.17, 15) is 9.18 Å². The molecule has 6 heteroatoms. The molecule has 2 aromatic carbocycles. The summed E-state index contributed by atoms with van der Waals surface area (Å²) in [6, 6.07) is 11.0. The first kappa shape index (κ1) is 19.9. The number of halogens is 1. The Morgan fingerprint density at radius 3 is 2.55 bits per heavy atom. The zero-order valence-corrected chi connectivity index (χ0v) is 17.9. The first-order valence-electron chi connectivity index (χ1n) is 10.0. The Morgan fingerprint density at radius 2 is 1.90 bits per heavy atom. The van der Waals surface area contributed by atoms with Crippen molar-refractivity contribution in [1.29, 1.82) is 0 Å². The molecule has 0 aliphatic carbocycles. The van der Waals surface area contributed by atoms with Gasteiger partial charge in [-0.1, -0.05) is 13.0 Å². The van der Waals surface area contributed by atoms with Crippen molar-refractivity contribution in [2.24, 2.45) is 0 Å². The molecule has 1 aliphatic heterocycles. The molecular formula is C23H26FN3OS. The smallest absolute Gasteiger partial charge is 0.266 e. The Morgan fingerprint density at radius 1 is 1.14 bits per heavy atom. The van der Waals surface area contributed by atoms with E-state index in [0.717, 1.165) is 48.7 Å². The van der Waals surface area contributed by atoms with Crippen molar-refractivity contribution in [2.45, 2.75) is 20.8 Å². The fourth-order valence-electron chi connectivity index (χ4n) is 4.05. The Labute approximate surface area is 174 Å². The Bertz CT molecular complexity index is 1050. The summed E-state index contributed by atoms with van der Waals surface area (Å²) in [5.74, 6) is -0.467. The molecule has 1 fully saturated rings. The summed E-state index contributed by atoms with van der Waals surface area (Å²) in [5, 5.41) is 3.53. The van der Waals surface area contributed by atoms with Gasteiger partial charge in [0.2, 0.25) is 0 Å². The maximum atomic E-state index is 14.1. The number of carbonyl (C=O) groups excluding carboxylic acids is 1. The summed E-state index contributed by atoms with van der Waals surface area (Å²) in [6.45, 7) is 11.4. The van der Waals surface area contributed by atoms with E-state index >= 15 is 0 Å². The van der Waals surface area contributed by atoms with Crippen LogP contribution in [-0.2, 0) is 0 Å². The van der Waals surface area contributed by atoms with Gasteiger partial charge in [0, 0.05) is 47.6 Å². The molecular weight excluding hydrogens is 385 g/mol.